The lowest BCUT2D eigenvalue weighted by atomic mass is 10.1. The molecule has 160 valence electrons. The number of anilines is 1. The van der Waals surface area contributed by atoms with Gasteiger partial charge in [-0.1, -0.05) is 0 Å². The van der Waals surface area contributed by atoms with Gasteiger partial charge in [0.1, 0.15) is 11.5 Å². The highest BCUT2D eigenvalue weighted by Gasteiger charge is 2.31. The number of hydrogen-bond acceptors (Lipinski definition) is 3. The van der Waals surface area contributed by atoms with Crippen molar-refractivity contribution in [2.24, 2.45) is 0 Å². The van der Waals surface area contributed by atoms with Crippen LogP contribution < -0.4 is 5.32 Å². The molecule has 0 fully saturated rings. The molecular weight excluding hydrogens is 409 g/mol. The number of benzene rings is 2. The third-order valence-electron chi connectivity index (χ3n) is 5.10. The third kappa shape index (κ3) is 4.47. The largest absolute Gasteiger partial charge is 0.461 e. The van der Waals surface area contributed by atoms with E-state index in [1.54, 1.807) is 17.0 Å². The van der Waals surface area contributed by atoms with Gasteiger partial charge in [0.2, 0.25) is 5.91 Å². The predicted octanol–water partition coefficient (Wildman–Crippen LogP) is 5.12. The van der Waals surface area contributed by atoms with Crippen molar-refractivity contribution in [1.82, 2.24) is 4.90 Å². The maximum atomic E-state index is 12.8. The smallest absolute Gasteiger partial charge is 0.416 e. The fourth-order valence-electron chi connectivity index (χ4n) is 3.55. The molecule has 1 N–H and O–H groups in total. The lowest BCUT2D eigenvalue weighted by Crippen LogP contribution is -2.35. The second-order valence-corrected chi connectivity index (χ2v) is 7.37. The second-order valence-electron chi connectivity index (χ2n) is 7.37. The minimum atomic E-state index is -4.44. The van der Waals surface area contributed by atoms with Crippen LogP contribution in [0.3, 0.4) is 0 Å². The fourth-order valence-corrected chi connectivity index (χ4v) is 3.55. The highest BCUT2D eigenvalue weighted by molar-refractivity contribution is 5.94. The molecular formula is C23H19F3N2O3. The third-order valence-corrected chi connectivity index (χ3v) is 5.10. The van der Waals surface area contributed by atoms with Crippen LogP contribution in [0.2, 0.25) is 0 Å². The number of amides is 2. The first kappa shape index (κ1) is 20.7. The molecule has 5 nitrogen and oxygen atoms in total. The average Bonchev–Trinajstić information content (AvgIpc) is 3.16. The Bertz CT molecular complexity index is 1120. The number of alkyl halides is 3. The summed E-state index contributed by atoms with van der Waals surface area (Å²) in [5.74, 6) is 0.974. The fraction of sp³-hybridized carbons (Fsp3) is 0.217. The molecule has 0 atom stereocenters. The van der Waals surface area contributed by atoms with Gasteiger partial charge in [-0.2, -0.15) is 13.2 Å². The van der Waals surface area contributed by atoms with E-state index >= 15 is 0 Å². The number of carbonyl (C=O) groups is 2. The molecule has 0 saturated carbocycles. The van der Waals surface area contributed by atoms with Gasteiger partial charge in [-0.25, -0.2) is 0 Å². The van der Waals surface area contributed by atoms with Gasteiger partial charge in [-0.15, -0.1) is 0 Å². The summed E-state index contributed by atoms with van der Waals surface area (Å²) in [4.78, 5) is 25.5. The molecule has 31 heavy (non-hydrogen) atoms. The van der Waals surface area contributed by atoms with E-state index in [0.717, 1.165) is 29.0 Å². The lowest BCUT2D eigenvalue weighted by molar-refractivity contribution is -0.137. The van der Waals surface area contributed by atoms with Crippen LogP contribution in [0.4, 0.5) is 18.9 Å². The van der Waals surface area contributed by atoms with Crippen molar-refractivity contribution in [3.8, 4) is 11.3 Å². The average molecular weight is 428 g/mol. The van der Waals surface area contributed by atoms with Crippen LogP contribution in [0.25, 0.3) is 11.3 Å². The van der Waals surface area contributed by atoms with E-state index in [9.17, 15) is 22.8 Å². The van der Waals surface area contributed by atoms with Crippen LogP contribution >= 0.6 is 0 Å². The van der Waals surface area contributed by atoms with Gasteiger partial charge < -0.3 is 14.6 Å². The Morgan fingerprint density at radius 1 is 1.03 bits per heavy atom. The van der Waals surface area contributed by atoms with E-state index in [-0.39, 0.29) is 17.4 Å². The molecule has 2 aromatic carbocycles. The zero-order chi connectivity index (χ0) is 22.2. The van der Waals surface area contributed by atoms with E-state index in [2.05, 4.69) is 5.32 Å². The molecule has 0 unspecified atom stereocenters. The van der Waals surface area contributed by atoms with Gasteiger partial charge in [-0.3, -0.25) is 9.59 Å². The quantitative estimate of drug-likeness (QED) is 0.630. The predicted molar refractivity (Wildman–Crippen MR) is 108 cm³/mol. The highest BCUT2D eigenvalue weighted by Crippen LogP contribution is 2.32. The topological polar surface area (TPSA) is 62.6 Å². The number of carbonyl (C=O) groups excluding carboxylic acids is 2. The molecule has 0 radical (unpaired) electrons. The van der Waals surface area contributed by atoms with Crippen LogP contribution in [0, 0.1) is 0 Å². The van der Waals surface area contributed by atoms with Crippen LogP contribution in [0.5, 0.6) is 0 Å². The Morgan fingerprint density at radius 2 is 1.71 bits per heavy atom. The molecule has 3 aromatic rings. The minimum Gasteiger partial charge on any atom is -0.461 e. The molecule has 4 rings (SSSR count). The van der Waals surface area contributed by atoms with Crippen molar-refractivity contribution in [3.63, 3.8) is 0 Å². The molecule has 1 aliphatic rings. The zero-order valence-corrected chi connectivity index (χ0v) is 16.6. The van der Waals surface area contributed by atoms with Crippen LogP contribution in [-0.2, 0) is 23.9 Å². The number of hydrogen-bond donors (Lipinski definition) is 1. The van der Waals surface area contributed by atoms with Gasteiger partial charge in [0.15, 0.2) is 0 Å². The molecule has 1 aromatic heterocycles. The highest BCUT2D eigenvalue weighted by atomic mass is 19.4. The van der Waals surface area contributed by atoms with Crippen LogP contribution in [0.15, 0.2) is 59.0 Å². The Hall–Kier alpha value is -3.55. The standard InChI is InChI=1S/C23H19F3N2O3/c1-14(29)27-19-8-4-15(5-9-19)21-12-17-13-28(11-10-20(17)31-21)22(30)16-2-6-18(7-3-16)23(24,25)26/h2-9,12H,10-11,13H2,1H3,(H,27,29). The molecule has 2 heterocycles. The number of nitrogens with zero attached hydrogens (tertiary/aromatic N) is 1. The number of nitrogens with one attached hydrogen (secondary N) is 1. The summed E-state index contributed by atoms with van der Waals surface area (Å²) in [5.41, 5.74) is 1.82. The normalized spacial score (nSPS) is 13.6. The van der Waals surface area contributed by atoms with Gasteiger partial charge in [0.25, 0.3) is 5.91 Å². The lowest BCUT2D eigenvalue weighted by Gasteiger charge is -2.26. The Kier molecular flexibility index (Phi) is 5.31. The van der Waals surface area contributed by atoms with E-state index in [1.807, 2.05) is 18.2 Å². The van der Waals surface area contributed by atoms with Gasteiger partial charge >= 0.3 is 6.18 Å². The van der Waals surface area contributed by atoms with Gasteiger partial charge in [0, 0.05) is 48.8 Å². The minimum absolute atomic E-state index is 0.154. The number of rotatable bonds is 3. The van der Waals surface area contributed by atoms with Crippen LogP contribution in [-0.4, -0.2) is 23.3 Å². The monoisotopic (exact) mass is 428 g/mol. The summed E-state index contributed by atoms with van der Waals surface area (Å²) in [6, 6.07) is 13.3. The first-order valence-electron chi connectivity index (χ1n) is 9.67. The van der Waals surface area contributed by atoms with E-state index in [1.165, 1.54) is 19.1 Å². The van der Waals surface area contributed by atoms with Crippen LogP contribution in [0.1, 0.15) is 34.2 Å². The summed E-state index contributed by atoms with van der Waals surface area (Å²) in [6.45, 7) is 2.18. The number of halogens is 3. The zero-order valence-electron chi connectivity index (χ0n) is 16.6. The van der Waals surface area contributed by atoms with Crippen molar-refractivity contribution < 1.29 is 27.2 Å². The Balaban J connectivity index is 1.48. The second kappa shape index (κ2) is 7.94. The summed E-state index contributed by atoms with van der Waals surface area (Å²) >= 11 is 0. The SMILES string of the molecule is CC(=O)Nc1ccc(-c2cc3c(o2)CCN(C(=O)c2ccc(C(F)(F)F)cc2)C3)cc1. The molecule has 0 saturated heterocycles. The molecule has 0 spiro atoms. The Labute approximate surface area is 176 Å². The van der Waals surface area contributed by atoms with E-state index in [0.29, 0.717) is 31.0 Å². The maximum absolute atomic E-state index is 12.8. The summed E-state index contributed by atoms with van der Waals surface area (Å²) in [5, 5.41) is 2.70. The van der Waals surface area contributed by atoms with Crippen molar-refractivity contribution in [2.75, 3.05) is 11.9 Å². The summed E-state index contributed by atoms with van der Waals surface area (Å²) in [7, 11) is 0. The molecule has 0 aliphatic carbocycles. The molecule has 8 heteroatoms. The summed E-state index contributed by atoms with van der Waals surface area (Å²) < 4.78 is 44.2. The van der Waals surface area contributed by atoms with Crippen molar-refractivity contribution in [2.45, 2.75) is 26.1 Å². The molecule has 2 amide bonds. The maximum Gasteiger partial charge on any atom is 0.416 e. The number of fused-ring (bicyclic) bond motifs is 1. The Morgan fingerprint density at radius 3 is 2.32 bits per heavy atom. The van der Waals surface area contributed by atoms with E-state index in [4.69, 9.17) is 4.42 Å². The first-order chi connectivity index (χ1) is 14.7. The van der Waals surface area contributed by atoms with Gasteiger partial charge in [-0.05, 0) is 54.6 Å². The van der Waals surface area contributed by atoms with Crippen molar-refractivity contribution in [1.29, 1.82) is 0 Å². The van der Waals surface area contributed by atoms with E-state index < -0.39 is 11.7 Å². The van der Waals surface area contributed by atoms with Crippen molar-refractivity contribution >= 4 is 17.5 Å². The van der Waals surface area contributed by atoms with Crippen molar-refractivity contribution in [3.05, 3.63) is 77.0 Å². The van der Waals surface area contributed by atoms with Gasteiger partial charge in [0.05, 0.1) is 5.56 Å². The number of furan rings is 1. The first-order valence-corrected chi connectivity index (χ1v) is 9.67. The molecule has 0 bridgehead atoms. The summed E-state index contributed by atoms with van der Waals surface area (Å²) in [6.07, 6.45) is -3.92. The molecule has 1 aliphatic heterocycles.